The zero-order valence-electron chi connectivity index (χ0n) is 10.3. The second-order valence-electron chi connectivity index (χ2n) is 3.87. The molecule has 0 bridgehead atoms. The minimum Gasteiger partial charge on any atom is -0.347 e. The van der Waals surface area contributed by atoms with Gasteiger partial charge < -0.3 is 9.80 Å². The first-order valence-electron chi connectivity index (χ1n) is 4.98. The zero-order valence-corrected chi connectivity index (χ0v) is 10.3. The van der Waals surface area contributed by atoms with Crippen molar-refractivity contribution in [3.8, 4) is 0 Å². The third-order valence-electron chi connectivity index (χ3n) is 1.95. The fourth-order valence-corrected chi connectivity index (χ4v) is 0.915. The summed E-state index contributed by atoms with van der Waals surface area (Å²) < 4.78 is 0. The van der Waals surface area contributed by atoms with Crippen molar-refractivity contribution in [2.45, 2.75) is 6.54 Å². The van der Waals surface area contributed by atoms with Crippen LogP contribution >= 0.6 is 0 Å². The lowest BCUT2D eigenvalue weighted by molar-refractivity contribution is -0.129. The third-order valence-corrected chi connectivity index (χ3v) is 1.95. The predicted molar refractivity (Wildman–Crippen MR) is 61.4 cm³/mol. The molecule has 1 aromatic rings. The molecule has 0 aliphatic heterocycles. The molecule has 94 valence electrons. The lowest BCUT2D eigenvalue weighted by Crippen LogP contribution is -2.28. The molecule has 8 heteroatoms. The molecular formula is C9H16N6O2. The van der Waals surface area contributed by atoms with Crippen LogP contribution in [0.4, 0.5) is 10.6 Å². The van der Waals surface area contributed by atoms with Gasteiger partial charge in [0.1, 0.15) is 6.54 Å². The van der Waals surface area contributed by atoms with E-state index in [9.17, 15) is 9.59 Å². The minimum atomic E-state index is -0.295. The molecule has 0 spiro atoms. The van der Waals surface area contributed by atoms with E-state index in [1.54, 1.807) is 28.2 Å². The molecule has 0 unspecified atom stereocenters. The predicted octanol–water partition coefficient (Wildman–Crippen LogP) is -0.540. The van der Waals surface area contributed by atoms with E-state index in [1.165, 1.54) is 20.8 Å². The number of amides is 3. The molecule has 8 nitrogen and oxygen atoms in total. The maximum absolute atomic E-state index is 11.4. The second-order valence-corrected chi connectivity index (χ2v) is 3.87. The van der Waals surface area contributed by atoms with Crippen molar-refractivity contribution in [3.63, 3.8) is 0 Å². The highest BCUT2D eigenvalue weighted by Crippen LogP contribution is 2.00. The van der Waals surface area contributed by atoms with Crippen LogP contribution in [0, 0.1) is 0 Å². The number of anilines is 1. The van der Waals surface area contributed by atoms with Gasteiger partial charge in [-0.1, -0.05) is 0 Å². The molecule has 0 saturated heterocycles. The van der Waals surface area contributed by atoms with Gasteiger partial charge in [-0.05, 0) is 0 Å². The SMILES string of the molecule is CN(C)C(=O)Cn1ncc(NC(=O)N(C)C)n1. The van der Waals surface area contributed by atoms with E-state index in [0.29, 0.717) is 5.82 Å². The Kier molecular flexibility index (Phi) is 4.02. The van der Waals surface area contributed by atoms with Crippen molar-refractivity contribution in [3.05, 3.63) is 6.20 Å². The van der Waals surface area contributed by atoms with Gasteiger partial charge in [0.2, 0.25) is 5.91 Å². The topological polar surface area (TPSA) is 83.4 Å². The Bertz CT molecular complexity index is 375. The van der Waals surface area contributed by atoms with E-state index in [-0.39, 0.29) is 18.5 Å². The molecule has 1 N–H and O–H groups in total. The average molecular weight is 240 g/mol. The molecule has 17 heavy (non-hydrogen) atoms. The van der Waals surface area contributed by atoms with E-state index < -0.39 is 0 Å². The van der Waals surface area contributed by atoms with Gasteiger partial charge in [0.15, 0.2) is 5.82 Å². The van der Waals surface area contributed by atoms with E-state index in [1.807, 2.05) is 0 Å². The Morgan fingerprint density at radius 2 is 1.94 bits per heavy atom. The monoisotopic (exact) mass is 240 g/mol. The minimum absolute atomic E-state index is 0.0465. The highest BCUT2D eigenvalue weighted by Gasteiger charge is 2.10. The van der Waals surface area contributed by atoms with Gasteiger partial charge in [-0.2, -0.15) is 9.90 Å². The number of hydrogen-bond acceptors (Lipinski definition) is 4. The molecule has 0 aliphatic rings. The van der Waals surface area contributed by atoms with Crippen LogP contribution in [-0.4, -0.2) is 64.9 Å². The quantitative estimate of drug-likeness (QED) is 0.769. The van der Waals surface area contributed by atoms with Crippen molar-refractivity contribution in [1.29, 1.82) is 0 Å². The molecule has 1 heterocycles. The summed E-state index contributed by atoms with van der Waals surface area (Å²) in [5.41, 5.74) is 0. The van der Waals surface area contributed by atoms with Gasteiger partial charge in [-0.15, -0.1) is 5.10 Å². The summed E-state index contributed by atoms with van der Waals surface area (Å²) in [5.74, 6) is 0.196. The molecule has 0 saturated carbocycles. The standard InChI is InChI=1S/C9H16N6O2/c1-13(2)8(16)6-15-10-5-7(12-15)11-9(17)14(3)4/h5H,6H2,1-4H3,(H,11,12,17). The average Bonchev–Trinajstić information content (AvgIpc) is 2.65. The van der Waals surface area contributed by atoms with Crippen LogP contribution in [0.1, 0.15) is 0 Å². The fourth-order valence-electron chi connectivity index (χ4n) is 0.915. The van der Waals surface area contributed by atoms with Gasteiger partial charge in [0.05, 0.1) is 6.20 Å². The van der Waals surface area contributed by atoms with Crippen LogP contribution in [0.25, 0.3) is 0 Å². The van der Waals surface area contributed by atoms with Gasteiger partial charge in [0.25, 0.3) is 0 Å². The van der Waals surface area contributed by atoms with Crippen molar-refractivity contribution >= 4 is 17.8 Å². The van der Waals surface area contributed by atoms with Crippen LogP contribution in [0.5, 0.6) is 0 Å². The summed E-state index contributed by atoms with van der Waals surface area (Å²) in [6.45, 7) is 0.0465. The number of likely N-dealkylation sites (N-methyl/N-ethyl adjacent to an activating group) is 1. The van der Waals surface area contributed by atoms with Crippen LogP contribution in [0.3, 0.4) is 0 Å². The Morgan fingerprint density at radius 3 is 2.47 bits per heavy atom. The van der Waals surface area contributed by atoms with Crippen molar-refractivity contribution in [2.24, 2.45) is 0 Å². The number of urea groups is 1. The summed E-state index contributed by atoms with van der Waals surface area (Å²) >= 11 is 0. The number of nitrogens with one attached hydrogen (secondary N) is 1. The lowest BCUT2D eigenvalue weighted by atomic mass is 10.6. The maximum atomic E-state index is 11.4. The van der Waals surface area contributed by atoms with Gasteiger partial charge in [0, 0.05) is 28.2 Å². The van der Waals surface area contributed by atoms with Gasteiger partial charge in [-0.25, -0.2) is 4.79 Å². The Hall–Kier alpha value is -2.12. The van der Waals surface area contributed by atoms with Crippen LogP contribution in [0.2, 0.25) is 0 Å². The first kappa shape index (κ1) is 12.9. The number of hydrogen-bond donors (Lipinski definition) is 1. The van der Waals surface area contributed by atoms with E-state index >= 15 is 0 Å². The number of carbonyl (C=O) groups excluding carboxylic acids is 2. The summed E-state index contributed by atoms with van der Waals surface area (Å²) in [6.07, 6.45) is 1.39. The molecular weight excluding hydrogens is 224 g/mol. The zero-order chi connectivity index (χ0) is 13.0. The lowest BCUT2D eigenvalue weighted by Gasteiger charge is -2.10. The Balaban J connectivity index is 2.60. The highest BCUT2D eigenvalue weighted by molar-refractivity contribution is 5.87. The van der Waals surface area contributed by atoms with E-state index in [2.05, 4.69) is 15.5 Å². The van der Waals surface area contributed by atoms with Crippen LogP contribution in [0.15, 0.2) is 6.20 Å². The third kappa shape index (κ3) is 3.74. The maximum Gasteiger partial charge on any atom is 0.322 e. The summed E-state index contributed by atoms with van der Waals surface area (Å²) in [7, 11) is 6.55. The highest BCUT2D eigenvalue weighted by atomic mass is 16.2. The molecule has 0 aromatic carbocycles. The van der Waals surface area contributed by atoms with Gasteiger partial charge >= 0.3 is 6.03 Å². The molecule has 1 rings (SSSR count). The molecule has 0 fully saturated rings. The first-order chi connectivity index (χ1) is 7.90. The fraction of sp³-hybridized carbons (Fsp3) is 0.556. The molecule has 3 amide bonds. The van der Waals surface area contributed by atoms with Crippen molar-refractivity contribution in [2.75, 3.05) is 33.5 Å². The van der Waals surface area contributed by atoms with Crippen molar-refractivity contribution in [1.82, 2.24) is 24.8 Å². The molecule has 0 aliphatic carbocycles. The largest absolute Gasteiger partial charge is 0.347 e. The number of carbonyl (C=O) groups is 2. The Morgan fingerprint density at radius 1 is 1.29 bits per heavy atom. The second kappa shape index (κ2) is 5.28. The smallest absolute Gasteiger partial charge is 0.322 e. The molecule has 0 radical (unpaired) electrons. The normalized spacial score (nSPS) is 9.88. The molecule has 1 aromatic heterocycles. The van der Waals surface area contributed by atoms with Gasteiger partial charge in [-0.3, -0.25) is 10.1 Å². The van der Waals surface area contributed by atoms with E-state index in [4.69, 9.17) is 0 Å². The number of aromatic nitrogens is 3. The summed E-state index contributed by atoms with van der Waals surface area (Å²) in [5, 5.41) is 10.4. The van der Waals surface area contributed by atoms with Crippen LogP contribution in [-0.2, 0) is 11.3 Å². The van der Waals surface area contributed by atoms with Crippen LogP contribution < -0.4 is 5.32 Å². The first-order valence-corrected chi connectivity index (χ1v) is 4.98. The number of nitrogens with zero attached hydrogens (tertiary/aromatic N) is 5. The van der Waals surface area contributed by atoms with E-state index in [0.717, 1.165) is 0 Å². The number of rotatable bonds is 3. The van der Waals surface area contributed by atoms with Crippen molar-refractivity contribution < 1.29 is 9.59 Å². The summed E-state index contributed by atoms with van der Waals surface area (Å²) in [6, 6.07) is -0.295. The Labute approximate surface area is 99.2 Å². The summed E-state index contributed by atoms with van der Waals surface area (Å²) in [4.78, 5) is 26.8. The molecule has 0 atom stereocenters.